The van der Waals surface area contributed by atoms with Crippen LogP contribution in [0.3, 0.4) is 0 Å². The highest BCUT2D eigenvalue weighted by Crippen LogP contribution is 2.39. The van der Waals surface area contributed by atoms with Gasteiger partial charge in [-0.25, -0.2) is 0 Å². The molecular weight excluding hydrogens is 458 g/mol. The van der Waals surface area contributed by atoms with Gasteiger partial charge >= 0.3 is 0 Å². The summed E-state index contributed by atoms with van der Waals surface area (Å²) < 4.78 is 11.9. The molecule has 0 bridgehead atoms. The quantitative estimate of drug-likeness (QED) is 0.695. The Balaban J connectivity index is 1.34. The van der Waals surface area contributed by atoms with Gasteiger partial charge in [0.1, 0.15) is 11.8 Å². The third-order valence-electron chi connectivity index (χ3n) is 7.54. The first-order valence-corrected chi connectivity index (χ1v) is 12.8. The van der Waals surface area contributed by atoms with Gasteiger partial charge in [0.15, 0.2) is 0 Å². The first-order chi connectivity index (χ1) is 17.5. The Morgan fingerprint density at radius 3 is 2.42 bits per heavy atom. The van der Waals surface area contributed by atoms with Crippen molar-refractivity contribution in [1.29, 1.82) is 0 Å². The predicted octanol–water partition coefficient (Wildman–Crippen LogP) is 2.76. The highest BCUT2D eigenvalue weighted by molar-refractivity contribution is 5.99. The number of likely N-dealkylation sites (tertiary alicyclic amines) is 1. The Hall–Kier alpha value is -3.23. The maximum atomic E-state index is 13.7. The van der Waals surface area contributed by atoms with E-state index in [4.69, 9.17) is 9.47 Å². The Labute approximate surface area is 211 Å². The number of benzene rings is 2. The lowest BCUT2D eigenvalue weighted by molar-refractivity contribution is -0.128. The summed E-state index contributed by atoms with van der Waals surface area (Å²) in [5.74, 6) is -0.484. The third-order valence-corrected chi connectivity index (χ3v) is 7.54. The topological polar surface area (TPSA) is 88.2 Å². The summed E-state index contributed by atoms with van der Waals surface area (Å²) in [6.45, 7) is 4.08. The summed E-state index contributed by atoms with van der Waals surface area (Å²) in [4.78, 5) is 43.6. The van der Waals surface area contributed by atoms with Crippen molar-refractivity contribution in [2.75, 3.05) is 32.8 Å². The Morgan fingerprint density at radius 2 is 1.72 bits per heavy atom. The second-order valence-electron chi connectivity index (χ2n) is 9.80. The lowest BCUT2D eigenvalue weighted by atomic mass is 9.95. The molecule has 0 radical (unpaired) electrons. The number of nitrogens with zero attached hydrogens (tertiary/aromatic N) is 2. The van der Waals surface area contributed by atoms with E-state index in [0.717, 1.165) is 18.4 Å². The smallest absolute Gasteiger partial charge is 0.256 e. The highest BCUT2D eigenvalue weighted by atomic mass is 16.5. The standard InChI is InChI=1S/C28H33N3O5/c1-20-8-5-6-12-23(20)27(34)30-15-13-28(14-16-30)31(26(33)21-9-3-2-4-10-21)24(19-36-28)25(32)29-18-22-11-7-17-35-22/h2-6,8-10,12,22,24H,7,11,13-19H2,1H3,(H,29,32). The van der Waals surface area contributed by atoms with Crippen LogP contribution in [-0.4, -0.2) is 78.2 Å². The Kier molecular flexibility index (Phi) is 7.07. The van der Waals surface area contributed by atoms with E-state index < -0.39 is 11.8 Å². The lowest BCUT2D eigenvalue weighted by Gasteiger charge is -2.44. The molecule has 190 valence electrons. The van der Waals surface area contributed by atoms with Crippen LogP contribution in [0.15, 0.2) is 54.6 Å². The fourth-order valence-corrected chi connectivity index (χ4v) is 5.47. The molecule has 2 unspecified atom stereocenters. The molecule has 5 rings (SSSR count). The SMILES string of the molecule is Cc1ccccc1C(=O)N1CCC2(CC1)OCC(C(=O)NCC1CCCO1)N2C(=O)c1ccccc1. The first-order valence-electron chi connectivity index (χ1n) is 12.8. The first kappa shape index (κ1) is 24.5. The molecule has 1 N–H and O–H groups in total. The van der Waals surface area contributed by atoms with Gasteiger partial charge in [-0.05, 0) is 43.5 Å². The zero-order valence-corrected chi connectivity index (χ0v) is 20.7. The van der Waals surface area contributed by atoms with Gasteiger partial charge in [-0.1, -0.05) is 36.4 Å². The number of rotatable bonds is 5. The number of aryl methyl sites for hydroxylation is 1. The molecule has 2 atom stereocenters. The van der Waals surface area contributed by atoms with Crippen molar-refractivity contribution < 1.29 is 23.9 Å². The molecule has 0 saturated carbocycles. The molecule has 3 fully saturated rings. The van der Waals surface area contributed by atoms with Crippen LogP contribution in [0.4, 0.5) is 0 Å². The van der Waals surface area contributed by atoms with E-state index in [9.17, 15) is 14.4 Å². The van der Waals surface area contributed by atoms with Gasteiger partial charge in [0.2, 0.25) is 5.91 Å². The summed E-state index contributed by atoms with van der Waals surface area (Å²) in [6.07, 6.45) is 2.81. The summed E-state index contributed by atoms with van der Waals surface area (Å²) in [5.41, 5.74) is 1.20. The maximum Gasteiger partial charge on any atom is 0.256 e. The minimum absolute atomic E-state index is 0.0131. The van der Waals surface area contributed by atoms with Crippen LogP contribution in [0.1, 0.15) is 52.0 Å². The van der Waals surface area contributed by atoms with Crippen LogP contribution in [0.5, 0.6) is 0 Å². The molecule has 8 nitrogen and oxygen atoms in total. The van der Waals surface area contributed by atoms with E-state index in [2.05, 4.69) is 5.32 Å². The number of nitrogens with one attached hydrogen (secondary N) is 1. The van der Waals surface area contributed by atoms with E-state index >= 15 is 0 Å². The second-order valence-corrected chi connectivity index (χ2v) is 9.80. The largest absolute Gasteiger partial charge is 0.376 e. The van der Waals surface area contributed by atoms with Crippen LogP contribution < -0.4 is 5.32 Å². The molecule has 2 aromatic carbocycles. The van der Waals surface area contributed by atoms with Crippen LogP contribution in [0.2, 0.25) is 0 Å². The molecule has 36 heavy (non-hydrogen) atoms. The van der Waals surface area contributed by atoms with Crippen molar-refractivity contribution in [3.8, 4) is 0 Å². The van der Waals surface area contributed by atoms with E-state index in [0.29, 0.717) is 50.2 Å². The van der Waals surface area contributed by atoms with Gasteiger partial charge in [-0.15, -0.1) is 0 Å². The van der Waals surface area contributed by atoms with Gasteiger partial charge < -0.3 is 19.7 Å². The minimum atomic E-state index is -0.929. The summed E-state index contributed by atoms with van der Waals surface area (Å²) in [5, 5.41) is 2.98. The zero-order chi connectivity index (χ0) is 25.1. The number of amides is 3. The normalized spacial score (nSPS) is 23.1. The van der Waals surface area contributed by atoms with Gasteiger partial charge in [0.05, 0.1) is 12.7 Å². The van der Waals surface area contributed by atoms with Crippen molar-refractivity contribution in [2.45, 2.75) is 50.5 Å². The summed E-state index contributed by atoms with van der Waals surface area (Å²) in [6, 6.07) is 15.8. The Morgan fingerprint density at radius 1 is 1.00 bits per heavy atom. The van der Waals surface area contributed by atoms with Crippen LogP contribution in [0.25, 0.3) is 0 Å². The van der Waals surface area contributed by atoms with Crippen molar-refractivity contribution in [2.24, 2.45) is 0 Å². The Bertz CT molecular complexity index is 1110. The number of piperidine rings is 1. The van der Waals surface area contributed by atoms with Gasteiger partial charge in [-0.2, -0.15) is 0 Å². The van der Waals surface area contributed by atoms with Crippen molar-refractivity contribution in [3.05, 3.63) is 71.3 Å². The molecule has 3 amide bonds. The molecule has 0 aromatic heterocycles. The van der Waals surface area contributed by atoms with E-state index in [1.807, 2.05) is 54.3 Å². The minimum Gasteiger partial charge on any atom is -0.376 e. The molecule has 2 aromatic rings. The number of carbonyl (C=O) groups is 3. The molecule has 0 aliphatic carbocycles. The molecule has 3 aliphatic rings. The molecule has 8 heteroatoms. The average molecular weight is 492 g/mol. The summed E-state index contributed by atoms with van der Waals surface area (Å²) in [7, 11) is 0. The lowest BCUT2D eigenvalue weighted by Crippen LogP contribution is -2.60. The fourth-order valence-electron chi connectivity index (χ4n) is 5.47. The van der Waals surface area contributed by atoms with Gasteiger partial charge in [0, 0.05) is 50.2 Å². The second kappa shape index (κ2) is 10.4. The number of hydrogen-bond acceptors (Lipinski definition) is 5. The highest BCUT2D eigenvalue weighted by Gasteiger charge is 2.54. The number of ether oxygens (including phenoxy) is 2. The zero-order valence-electron chi connectivity index (χ0n) is 20.7. The molecule has 3 saturated heterocycles. The van der Waals surface area contributed by atoms with Crippen molar-refractivity contribution >= 4 is 17.7 Å². The van der Waals surface area contributed by atoms with Crippen LogP contribution in [0, 0.1) is 6.92 Å². The van der Waals surface area contributed by atoms with Crippen molar-refractivity contribution in [3.63, 3.8) is 0 Å². The molecule has 3 heterocycles. The average Bonchev–Trinajstić information content (AvgIpc) is 3.56. The number of hydrogen-bond donors (Lipinski definition) is 1. The predicted molar refractivity (Wildman–Crippen MR) is 133 cm³/mol. The fraction of sp³-hybridized carbons (Fsp3) is 0.464. The molecule has 1 spiro atoms. The maximum absolute atomic E-state index is 13.7. The molecular formula is C28H33N3O5. The monoisotopic (exact) mass is 491 g/mol. The van der Waals surface area contributed by atoms with E-state index in [1.165, 1.54) is 0 Å². The summed E-state index contributed by atoms with van der Waals surface area (Å²) >= 11 is 0. The van der Waals surface area contributed by atoms with Crippen LogP contribution in [-0.2, 0) is 14.3 Å². The van der Waals surface area contributed by atoms with E-state index in [-0.39, 0.29) is 30.4 Å². The third kappa shape index (κ3) is 4.75. The van der Waals surface area contributed by atoms with Crippen LogP contribution >= 0.6 is 0 Å². The van der Waals surface area contributed by atoms with Crippen molar-refractivity contribution in [1.82, 2.24) is 15.1 Å². The molecule has 3 aliphatic heterocycles. The van der Waals surface area contributed by atoms with Gasteiger partial charge in [-0.3, -0.25) is 19.3 Å². The number of carbonyl (C=O) groups excluding carboxylic acids is 3. The van der Waals surface area contributed by atoms with E-state index in [1.54, 1.807) is 17.0 Å². The van der Waals surface area contributed by atoms with Gasteiger partial charge in [0.25, 0.3) is 11.8 Å².